The summed E-state index contributed by atoms with van der Waals surface area (Å²) in [6.07, 6.45) is 0. The maximum atomic E-state index is 6.74. The highest BCUT2D eigenvalue weighted by Crippen LogP contribution is 2.48. The van der Waals surface area contributed by atoms with Crippen LogP contribution in [0.2, 0.25) is 0 Å². The second-order valence-corrected chi connectivity index (χ2v) is 14.3. The van der Waals surface area contributed by atoms with Crippen molar-refractivity contribution in [3.8, 4) is 33.4 Å². The minimum atomic E-state index is 0.827. The van der Waals surface area contributed by atoms with E-state index in [2.05, 4.69) is 176 Å². The van der Waals surface area contributed by atoms with Crippen LogP contribution in [-0.2, 0) is 0 Å². The van der Waals surface area contributed by atoms with Gasteiger partial charge in [-0.3, -0.25) is 0 Å². The lowest BCUT2D eigenvalue weighted by Gasteiger charge is -2.19. The molecule has 2 aromatic heterocycles. The zero-order valence-corrected chi connectivity index (χ0v) is 29.1. The van der Waals surface area contributed by atoms with Crippen molar-refractivity contribution in [2.24, 2.45) is 0 Å². The van der Waals surface area contributed by atoms with E-state index < -0.39 is 0 Å². The molecule has 0 spiro atoms. The first-order valence-electron chi connectivity index (χ1n) is 18.5. The lowest BCUT2D eigenvalue weighted by atomic mass is 9.84. The van der Waals surface area contributed by atoms with E-state index in [1.54, 1.807) is 0 Å². The molecule has 250 valence electrons. The van der Waals surface area contributed by atoms with Gasteiger partial charge in [0, 0.05) is 21.5 Å². The predicted octanol–water partition coefficient (Wildman–Crippen LogP) is 15.1. The smallest absolute Gasteiger partial charge is 0.147 e. The maximum absolute atomic E-state index is 6.74. The number of furan rings is 2. The van der Waals surface area contributed by atoms with Gasteiger partial charge in [0.05, 0.1) is 5.39 Å². The van der Waals surface area contributed by atoms with E-state index in [0.717, 1.165) is 65.8 Å². The van der Waals surface area contributed by atoms with Crippen molar-refractivity contribution in [2.45, 2.75) is 0 Å². The molecule has 0 radical (unpaired) electrons. The Kier molecular flexibility index (Phi) is 6.09. The Bertz CT molecular complexity index is 3430. The van der Waals surface area contributed by atoms with E-state index in [4.69, 9.17) is 8.83 Å². The Labute approximate surface area is 310 Å². The molecular formula is C52H30O2. The molecule has 0 aliphatic heterocycles. The highest BCUT2D eigenvalue weighted by atomic mass is 16.3. The number of hydrogen-bond acceptors (Lipinski definition) is 2. The summed E-state index contributed by atoms with van der Waals surface area (Å²) >= 11 is 0. The average Bonchev–Trinajstić information content (AvgIpc) is 3.81. The highest BCUT2D eigenvalue weighted by molar-refractivity contribution is 6.28. The summed E-state index contributed by atoms with van der Waals surface area (Å²) in [6, 6.07) is 65.5. The van der Waals surface area contributed by atoms with Crippen LogP contribution in [0, 0.1) is 0 Å². The lowest BCUT2D eigenvalue weighted by molar-refractivity contribution is 0.665. The van der Waals surface area contributed by atoms with Crippen LogP contribution in [0.25, 0.3) is 120 Å². The first-order valence-corrected chi connectivity index (χ1v) is 18.5. The second-order valence-electron chi connectivity index (χ2n) is 14.3. The van der Waals surface area contributed by atoms with Gasteiger partial charge in [0.25, 0.3) is 0 Å². The molecule has 0 bridgehead atoms. The Hall–Kier alpha value is -7.16. The minimum absolute atomic E-state index is 0.827. The molecule has 0 N–H and O–H groups in total. The predicted molar refractivity (Wildman–Crippen MR) is 227 cm³/mol. The van der Waals surface area contributed by atoms with E-state index in [1.165, 1.54) is 54.6 Å². The summed E-state index contributed by atoms with van der Waals surface area (Å²) in [5.74, 6) is 0. The van der Waals surface area contributed by atoms with E-state index in [9.17, 15) is 0 Å². The van der Waals surface area contributed by atoms with Gasteiger partial charge in [-0.2, -0.15) is 0 Å². The Morgan fingerprint density at radius 1 is 0.278 bits per heavy atom. The summed E-state index contributed by atoms with van der Waals surface area (Å²) in [4.78, 5) is 0. The molecule has 12 aromatic rings. The van der Waals surface area contributed by atoms with E-state index in [0.29, 0.717) is 0 Å². The van der Waals surface area contributed by atoms with Gasteiger partial charge in [-0.25, -0.2) is 0 Å². The second kappa shape index (κ2) is 11.2. The molecule has 2 heterocycles. The standard InChI is InChI=1S/C52H30O2/c1-3-15-35-31(12-1)14-11-22-37(35)48-40-19-7-5-17-38(40)47(39-18-6-8-20-41(39)48)34-26-24-33(25-27-34)44-30-46-50(52-49(44)42-21-9-10-23-45(42)53-52)43-29-28-32-13-2-4-16-36(32)51(43)54-46/h1-30H. The Morgan fingerprint density at radius 2 is 0.815 bits per heavy atom. The minimum Gasteiger partial charge on any atom is -0.455 e. The topological polar surface area (TPSA) is 26.3 Å². The molecule has 2 nitrogen and oxygen atoms in total. The molecule has 0 saturated heterocycles. The maximum Gasteiger partial charge on any atom is 0.147 e. The molecule has 12 rings (SSSR count). The van der Waals surface area contributed by atoms with Crippen LogP contribution in [0.3, 0.4) is 0 Å². The van der Waals surface area contributed by atoms with Crippen molar-refractivity contribution in [3.63, 3.8) is 0 Å². The molecule has 0 aliphatic carbocycles. The summed E-state index contributed by atoms with van der Waals surface area (Å²) in [7, 11) is 0. The van der Waals surface area contributed by atoms with Gasteiger partial charge in [-0.05, 0) is 89.3 Å². The molecule has 0 aliphatic rings. The molecule has 0 saturated carbocycles. The van der Waals surface area contributed by atoms with Gasteiger partial charge < -0.3 is 8.83 Å². The molecular weight excluding hydrogens is 657 g/mol. The van der Waals surface area contributed by atoms with Crippen molar-refractivity contribution < 1.29 is 8.83 Å². The van der Waals surface area contributed by atoms with Crippen LogP contribution < -0.4 is 0 Å². The number of hydrogen-bond donors (Lipinski definition) is 0. The lowest BCUT2D eigenvalue weighted by Crippen LogP contribution is -1.91. The van der Waals surface area contributed by atoms with Crippen molar-refractivity contribution in [1.29, 1.82) is 0 Å². The zero-order valence-electron chi connectivity index (χ0n) is 29.1. The zero-order chi connectivity index (χ0) is 35.3. The first kappa shape index (κ1) is 29.4. The van der Waals surface area contributed by atoms with Crippen LogP contribution in [0.15, 0.2) is 191 Å². The third-order valence-corrected chi connectivity index (χ3v) is 11.4. The molecule has 10 aromatic carbocycles. The molecule has 54 heavy (non-hydrogen) atoms. The van der Waals surface area contributed by atoms with E-state index >= 15 is 0 Å². The van der Waals surface area contributed by atoms with Gasteiger partial charge >= 0.3 is 0 Å². The number of rotatable bonds is 3. The van der Waals surface area contributed by atoms with Crippen molar-refractivity contribution in [2.75, 3.05) is 0 Å². The Morgan fingerprint density at radius 3 is 1.54 bits per heavy atom. The van der Waals surface area contributed by atoms with Crippen molar-refractivity contribution >= 4 is 87.0 Å². The monoisotopic (exact) mass is 686 g/mol. The van der Waals surface area contributed by atoms with E-state index in [1.807, 2.05) is 6.07 Å². The van der Waals surface area contributed by atoms with Gasteiger partial charge in [0.1, 0.15) is 22.3 Å². The largest absolute Gasteiger partial charge is 0.455 e. The normalized spacial score (nSPS) is 12.1. The van der Waals surface area contributed by atoms with Gasteiger partial charge in [0.15, 0.2) is 0 Å². The first-order chi connectivity index (χ1) is 26.8. The fourth-order valence-corrected chi connectivity index (χ4v) is 9.09. The summed E-state index contributed by atoms with van der Waals surface area (Å²) in [5.41, 5.74) is 10.6. The quantitative estimate of drug-likeness (QED) is 0.173. The molecule has 0 amide bonds. The SMILES string of the molecule is c1ccc2c(-c3c4ccccc4c(-c4ccc(-c5cc6oc7c8ccccc8ccc7c6c6oc7ccccc7c56)cc4)c4ccccc34)cccc2c1. The Balaban J connectivity index is 1.10. The average molecular weight is 687 g/mol. The molecule has 0 unspecified atom stereocenters. The molecule has 2 heteroatoms. The number of fused-ring (bicyclic) bond motifs is 12. The van der Waals surface area contributed by atoms with Crippen LogP contribution in [-0.4, -0.2) is 0 Å². The van der Waals surface area contributed by atoms with Crippen molar-refractivity contribution in [3.05, 3.63) is 182 Å². The summed E-state index contributed by atoms with van der Waals surface area (Å²) in [5, 5.41) is 14.1. The van der Waals surface area contributed by atoms with Crippen LogP contribution >= 0.6 is 0 Å². The molecule has 0 atom stereocenters. The fraction of sp³-hybridized carbons (Fsp3) is 0. The highest BCUT2D eigenvalue weighted by Gasteiger charge is 2.22. The van der Waals surface area contributed by atoms with E-state index in [-0.39, 0.29) is 0 Å². The summed E-state index contributed by atoms with van der Waals surface area (Å²) < 4.78 is 13.4. The molecule has 0 fully saturated rings. The van der Waals surface area contributed by atoms with Crippen molar-refractivity contribution in [1.82, 2.24) is 0 Å². The van der Waals surface area contributed by atoms with Gasteiger partial charge in [0.2, 0.25) is 0 Å². The van der Waals surface area contributed by atoms with Crippen LogP contribution in [0.1, 0.15) is 0 Å². The fourth-order valence-electron chi connectivity index (χ4n) is 9.09. The van der Waals surface area contributed by atoms with Crippen LogP contribution in [0.5, 0.6) is 0 Å². The van der Waals surface area contributed by atoms with Crippen LogP contribution in [0.4, 0.5) is 0 Å². The third kappa shape index (κ3) is 4.11. The number of benzene rings is 10. The van der Waals surface area contributed by atoms with Gasteiger partial charge in [-0.1, -0.05) is 164 Å². The number of para-hydroxylation sites is 1. The third-order valence-electron chi connectivity index (χ3n) is 11.4. The summed E-state index contributed by atoms with van der Waals surface area (Å²) in [6.45, 7) is 0. The van der Waals surface area contributed by atoms with Gasteiger partial charge in [-0.15, -0.1) is 0 Å².